The largest absolute Gasteiger partial charge is 0.380 e. The zero-order valence-electron chi connectivity index (χ0n) is 9.22. The molecule has 2 fully saturated rings. The predicted octanol–water partition coefficient (Wildman–Crippen LogP) is 1.19. The molecule has 3 heteroatoms. The molecule has 0 aliphatic carbocycles. The van der Waals surface area contributed by atoms with Crippen molar-refractivity contribution in [3.8, 4) is 0 Å². The van der Waals surface area contributed by atoms with E-state index in [1.807, 2.05) is 0 Å². The molecule has 2 saturated heterocycles. The van der Waals surface area contributed by atoms with E-state index in [0.717, 1.165) is 26.2 Å². The van der Waals surface area contributed by atoms with Crippen molar-refractivity contribution in [2.45, 2.75) is 27.2 Å². The summed E-state index contributed by atoms with van der Waals surface area (Å²) in [7, 11) is 0. The first-order valence-electron chi connectivity index (χ1n) is 5.28. The summed E-state index contributed by atoms with van der Waals surface area (Å²) in [6.07, 6.45) is 0.961. The molecule has 2 rings (SSSR count). The molecule has 1 unspecified atom stereocenters. The molecule has 80 valence electrons. The van der Waals surface area contributed by atoms with Crippen LogP contribution in [0.3, 0.4) is 0 Å². The van der Waals surface area contributed by atoms with E-state index in [-0.39, 0.29) is 22.7 Å². The SMILES string of the molecule is CC(C)(C)CC1C(=O)NCC12COC2. The van der Waals surface area contributed by atoms with Gasteiger partial charge in [-0.1, -0.05) is 20.8 Å². The van der Waals surface area contributed by atoms with Crippen LogP contribution in [-0.4, -0.2) is 25.7 Å². The van der Waals surface area contributed by atoms with Crippen molar-refractivity contribution in [1.82, 2.24) is 5.32 Å². The molecule has 2 aliphatic heterocycles. The van der Waals surface area contributed by atoms with Gasteiger partial charge in [0.25, 0.3) is 0 Å². The van der Waals surface area contributed by atoms with E-state index in [4.69, 9.17) is 4.74 Å². The molecule has 2 aliphatic rings. The van der Waals surface area contributed by atoms with Gasteiger partial charge in [-0.15, -0.1) is 0 Å². The van der Waals surface area contributed by atoms with Gasteiger partial charge in [-0.2, -0.15) is 0 Å². The second-order valence-electron chi connectivity index (χ2n) is 5.89. The third-order valence-electron chi connectivity index (χ3n) is 3.27. The number of nitrogens with one attached hydrogen (secondary N) is 1. The standard InChI is InChI=1S/C11H19NO2/c1-10(2,3)4-8-9(13)12-5-11(8)6-14-7-11/h8H,4-7H2,1-3H3,(H,12,13). The fraction of sp³-hybridized carbons (Fsp3) is 0.909. The van der Waals surface area contributed by atoms with Crippen LogP contribution in [0.5, 0.6) is 0 Å². The lowest BCUT2D eigenvalue weighted by Crippen LogP contribution is -2.49. The molecule has 2 heterocycles. The van der Waals surface area contributed by atoms with Crippen LogP contribution in [0.4, 0.5) is 0 Å². The fourth-order valence-electron chi connectivity index (χ4n) is 2.38. The summed E-state index contributed by atoms with van der Waals surface area (Å²) in [6, 6.07) is 0. The van der Waals surface area contributed by atoms with Gasteiger partial charge in [0.05, 0.1) is 19.1 Å². The van der Waals surface area contributed by atoms with Gasteiger partial charge in [0.15, 0.2) is 0 Å². The van der Waals surface area contributed by atoms with E-state index >= 15 is 0 Å². The Morgan fingerprint density at radius 1 is 1.50 bits per heavy atom. The van der Waals surface area contributed by atoms with E-state index in [1.165, 1.54) is 0 Å². The molecule has 1 spiro atoms. The highest BCUT2D eigenvalue weighted by Gasteiger charge is 2.53. The molecule has 1 amide bonds. The van der Waals surface area contributed by atoms with Crippen molar-refractivity contribution >= 4 is 5.91 Å². The normalized spacial score (nSPS) is 30.2. The number of carbonyl (C=O) groups is 1. The Bertz CT molecular complexity index is 251. The van der Waals surface area contributed by atoms with Gasteiger partial charge in [0.2, 0.25) is 5.91 Å². The summed E-state index contributed by atoms with van der Waals surface area (Å²) < 4.78 is 5.26. The van der Waals surface area contributed by atoms with Crippen molar-refractivity contribution < 1.29 is 9.53 Å². The Morgan fingerprint density at radius 3 is 2.57 bits per heavy atom. The number of rotatable bonds is 1. The minimum atomic E-state index is 0.129. The lowest BCUT2D eigenvalue weighted by Gasteiger charge is -2.42. The van der Waals surface area contributed by atoms with E-state index in [9.17, 15) is 4.79 Å². The van der Waals surface area contributed by atoms with Crippen LogP contribution in [0, 0.1) is 16.7 Å². The van der Waals surface area contributed by atoms with E-state index < -0.39 is 0 Å². The Kier molecular flexibility index (Phi) is 2.11. The molecule has 0 aromatic heterocycles. The maximum atomic E-state index is 11.7. The van der Waals surface area contributed by atoms with Gasteiger partial charge >= 0.3 is 0 Å². The smallest absolute Gasteiger partial charge is 0.223 e. The average molecular weight is 197 g/mol. The highest BCUT2D eigenvalue weighted by atomic mass is 16.5. The topological polar surface area (TPSA) is 38.3 Å². The number of carbonyl (C=O) groups excluding carboxylic acids is 1. The first-order chi connectivity index (χ1) is 6.43. The Balaban J connectivity index is 2.10. The maximum absolute atomic E-state index is 11.7. The van der Waals surface area contributed by atoms with Gasteiger partial charge in [0, 0.05) is 12.0 Å². The van der Waals surface area contributed by atoms with Gasteiger partial charge in [-0.05, 0) is 11.8 Å². The molecule has 14 heavy (non-hydrogen) atoms. The van der Waals surface area contributed by atoms with E-state index in [0.29, 0.717) is 0 Å². The van der Waals surface area contributed by atoms with Crippen molar-refractivity contribution in [2.75, 3.05) is 19.8 Å². The lowest BCUT2D eigenvalue weighted by molar-refractivity contribution is -0.146. The van der Waals surface area contributed by atoms with Crippen LogP contribution in [0.25, 0.3) is 0 Å². The molecular formula is C11H19NO2. The maximum Gasteiger partial charge on any atom is 0.223 e. The zero-order valence-corrected chi connectivity index (χ0v) is 9.22. The third kappa shape index (κ3) is 1.54. The number of hydrogen-bond donors (Lipinski definition) is 1. The molecule has 0 aromatic carbocycles. The van der Waals surface area contributed by atoms with Crippen molar-refractivity contribution in [1.29, 1.82) is 0 Å². The van der Waals surface area contributed by atoms with Crippen molar-refractivity contribution in [3.05, 3.63) is 0 Å². The highest BCUT2D eigenvalue weighted by Crippen LogP contribution is 2.44. The average Bonchev–Trinajstić information content (AvgIpc) is 2.25. The number of ether oxygens (including phenoxy) is 1. The molecule has 0 radical (unpaired) electrons. The van der Waals surface area contributed by atoms with Crippen LogP contribution in [0.1, 0.15) is 27.2 Å². The first-order valence-corrected chi connectivity index (χ1v) is 5.28. The lowest BCUT2D eigenvalue weighted by atomic mass is 9.69. The van der Waals surface area contributed by atoms with Crippen LogP contribution in [0.2, 0.25) is 0 Å². The van der Waals surface area contributed by atoms with Crippen LogP contribution in [-0.2, 0) is 9.53 Å². The predicted molar refractivity (Wildman–Crippen MR) is 53.8 cm³/mol. The summed E-state index contributed by atoms with van der Waals surface area (Å²) in [6.45, 7) is 8.88. The number of hydrogen-bond acceptors (Lipinski definition) is 2. The molecule has 0 bridgehead atoms. The minimum Gasteiger partial charge on any atom is -0.380 e. The molecule has 1 atom stereocenters. The Morgan fingerprint density at radius 2 is 2.14 bits per heavy atom. The van der Waals surface area contributed by atoms with Gasteiger partial charge in [-0.25, -0.2) is 0 Å². The summed E-state index contributed by atoms with van der Waals surface area (Å²) >= 11 is 0. The third-order valence-corrected chi connectivity index (χ3v) is 3.27. The second kappa shape index (κ2) is 2.96. The van der Waals surface area contributed by atoms with Gasteiger partial charge in [0.1, 0.15) is 0 Å². The van der Waals surface area contributed by atoms with Gasteiger partial charge < -0.3 is 10.1 Å². The zero-order chi connectivity index (χ0) is 10.4. The van der Waals surface area contributed by atoms with Crippen LogP contribution >= 0.6 is 0 Å². The fourth-order valence-corrected chi connectivity index (χ4v) is 2.38. The van der Waals surface area contributed by atoms with E-state index in [1.54, 1.807) is 0 Å². The summed E-state index contributed by atoms with van der Waals surface area (Å²) in [4.78, 5) is 11.7. The minimum absolute atomic E-state index is 0.129. The highest BCUT2D eigenvalue weighted by molar-refractivity contribution is 5.82. The Labute approximate surface area is 85.2 Å². The molecule has 0 aromatic rings. The van der Waals surface area contributed by atoms with Crippen molar-refractivity contribution in [3.63, 3.8) is 0 Å². The van der Waals surface area contributed by atoms with Crippen LogP contribution in [0.15, 0.2) is 0 Å². The van der Waals surface area contributed by atoms with Gasteiger partial charge in [-0.3, -0.25) is 4.79 Å². The Hall–Kier alpha value is -0.570. The molecular weight excluding hydrogens is 178 g/mol. The molecule has 3 nitrogen and oxygen atoms in total. The first kappa shape index (κ1) is 9.97. The summed E-state index contributed by atoms with van der Waals surface area (Å²) in [5.41, 5.74) is 0.347. The van der Waals surface area contributed by atoms with E-state index in [2.05, 4.69) is 26.1 Å². The summed E-state index contributed by atoms with van der Waals surface area (Å²) in [5.74, 6) is 0.388. The molecule has 0 saturated carbocycles. The monoisotopic (exact) mass is 197 g/mol. The second-order valence-corrected chi connectivity index (χ2v) is 5.89. The van der Waals surface area contributed by atoms with Crippen LogP contribution < -0.4 is 5.32 Å². The molecule has 1 N–H and O–H groups in total. The summed E-state index contributed by atoms with van der Waals surface area (Å²) in [5, 5.41) is 2.97. The quantitative estimate of drug-likeness (QED) is 0.685. The van der Waals surface area contributed by atoms with Crippen molar-refractivity contribution in [2.24, 2.45) is 16.7 Å². The number of amides is 1.